The van der Waals surface area contributed by atoms with Crippen LogP contribution in [0.3, 0.4) is 0 Å². The average Bonchev–Trinajstić information content (AvgIpc) is 2.73. The molecule has 1 saturated heterocycles. The van der Waals surface area contributed by atoms with Gasteiger partial charge >= 0.3 is 6.18 Å². The molecule has 8 nitrogen and oxygen atoms in total. The van der Waals surface area contributed by atoms with Crippen LogP contribution in [0.4, 0.5) is 24.5 Å². The Morgan fingerprint density at radius 1 is 1.23 bits per heavy atom. The summed E-state index contributed by atoms with van der Waals surface area (Å²) < 4.78 is 44.0. The predicted molar refractivity (Wildman–Crippen MR) is 101 cm³/mol. The summed E-state index contributed by atoms with van der Waals surface area (Å²) in [7, 11) is 0. The van der Waals surface area contributed by atoms with Gasteiger partial charge in [0.05, 0.1) is 34.3 Å². The highest BCUT2D eigenvalue weighted by atomic mass is 19.4. The number of nitrogens with zero attached hydrogens (tertiary/aromatic N) is 3. The summed E-state index contributed by atoms with van der Waals surface area (Å²) in [5.74, 6) is 0. The number of fused-ring (bicyclic) bond motifs is 1. The SMILES string of the molecule is O=c1[nH]cnc2cc(N3CCOC(c4ccc(C(F)(F)F)cc4)C3)c([N+](=O)[O-])cc12. The van der Waals surface area contributed by atoms with Gasteiger partial charge in [0, 0.05) is 19.2 Å². The maximum Gasteiger partial charge on any atom is 0.416 e. The highest BCUT2D eigenvalue weighted by Gasteiger charge is 2.31. The molecule has 3 aromatic rings. The highest BCUT2D eigenvalue weighted by molar-refractivity contribution is 5.87. The molecule has 11 heteroatoms. The molecule has 0 aliphatic carbocycles. The van der Waals surface area contributed by atoms with Crippen molar-refractivity contribution in [2.75, 3.05) is 24.6 Å². The van der Waals surface area contributed by atoms with Crippen LogP contribution in [0.25, 0.3) is 10.9 Å². The molecule has 0 saturated carbocycles. The van der Waals surface area contributed by atoms with Gasteiger partial charge in [-0.3, -0.25) is 14.9 Å². The normalized spacial score (nSPS) is 17.3. The zero-order chi connectivity index (χ0) is 21.5. The number of anilines is 1. The van der Waals surface area contributed by atoms with Crippen molar-refractivity contribution in [3.05, 3.63) is 74.3 Å². The third kappa shape index (κ3) is 3.71. The van der Waals surface area contributed by atoms with E-state index in [2.05, 4.69) is 9.97 Å². The van der Waals surface area contributed by atoms with Gasteiger partial charge in [-0.05, 0) is 23.8 Å². The number of aromatic amines is 1. The van der Waals surface area contributed by atoms with Crippen LogP contribution < -0.4 is 10.5 Å². The third-order valence-corrected chi connectivity index (χ3v) is 4.95. The first-order valence-corrected chi connectivity index (χ1v) is 8.93. The highest BCUT2D eigenvalue weighted by Crippen LogP contribution is 2.35. The van der Waals surface area contributed by atoms with Crippen LogP contribution in [0.2, 0.25) is 0 Å². The van der Waals surface area contributed by atoms with Gasteiger partial charge in [0.15, 0.2) is 0 Å². The van der Waals surface area contributed by atoms with Crippen LogP contribution >= 0.6 is 0 Å². The zero-order valence-corrected chi connectivity index (χ0v) is 15.3. The van der Waals surface area contributed by atoms with Crippen LogP contribution in [-0.4, -0.2) is 34.6 Å². The molecule has 2 aromatic carbocycles. The minimum Gasteiger partial charge on any atom is -0.370 e. The molecule has 1 unspecified atom stereocenters. The molecule has 1 atom stereocenters. The second kappa shape index (κ2) is 7.41. The summed E-state index contributed by atoms with van der Waals surface area (Å²) in [5.41, 5.74) is -0.401. The zero-order valence-electron chi connectivity index (χ0n) is 15.3. The molecule has 156 valence electrons. The first-order chi connectivity index (χ1) is 14.2. The molecule has 0 amide bonds. The van der Waals surface area contributed by atoms with Gasteiger partial charge in [0.2, 0.25) is 0 Å². The number of alkyl halides is 3. The molecule has 1 fully saturated rings. The van der Waals surface area contributed by atoms with Crippen molar-refractivity contribution in [1.82, 2.24) is 9.97 Å². The minimum absolute atomic E-state index is 0.0977. The summed E-state index contributed by atoms with van der Waals surface area (Å²) in [5, 5.41) is 11.7. The summed E-state index contributed by atoms with van der Waals surface area (Å²) in [6, 6.07) is 7.29. The van der Waals surface area contributed by atoms with E-state index in [1.807, 2.05) is 0 Å². The average molecular weight is 420 g/mol. The van der Waals surface area contributed by atoms with Crippen molar-refractivity contribution < 1.29 is 22.8 Å². The summed E-state index contributed by atoms with van der Waals surface area (Å²) in [6.07, 6.45) is -3.79. The van der Waals surface area contributed by atoms with E-state index in [4.69, 9.17) is 4.74 Å². The lowest BCUT2D eigenvalue weighted by molar-refractivity contribution is -0.384. The predicted octanol–water partition coefficient (Wildman–Crippen LogP) is 3.43. The first-order valence-electron chi connectivity index (χ1n) is 8.93. The Bertz CT molecular complexity index is 1160. The van der Waals surface area contributed by atoms with E-state index >= 15 is 0 Å². The van der Waals surface area contributed by atoms with Gasteiger partial charge in [-0.2, -0.15) is 13.2 Å². The van der Waals surface area contributed by atoms with Crippen LogP contribution in [-0.2, 0) is 10.9 Å². The van der Waals surface area contributed by atoms with Gasteiger partial charge in [-0.15, -0.1) is 0 Å². The maximum atomic E-state index is 12.8. The van der Waals surface area contributed by atoms with E-state index in [9.17, 15) is 28.1 Å². The number of aromatic nitrogens is 2. The van der Waals surface area contributed by atoms with Gasteiger partial charge in [-0.25, -0.2) is 4.98 Å². The van der Waals surface area contributed by atoms with Gasteiger partial charge in [0.25, 0.3) is 11.2 Å². The smallest absolute Gasteiger partial charge is 0.370 e. The molecular formula is C19H15F3N4O4. The Morgan fingerprint density at radius 2 is 1.97 bits per heavy atom. The van der Waals surface area contributed by atoms with Crippen molar-refractivity contribution in [3.63, 3.8) is 0 Å². The maximum absolute atomic E-state index is 12.8. The Hall–Kier alpha value is -3.47. The standard InChI is InChI=1S/C19H15F3N4O4/c20-19(21,22)12-3-1-11(2-4-12)17-9-25(5-6-30-17)15-8-14-13(7-16(15)26(28)29)18(27)24-10-23-14/h1-4,7-8,10,17H,5-6,9H2,(H,23,24,27). The molecule has 1 aliphatic rings. The first kappa shape index (κ1) is 19.8. The number of hydrogen-bond acceptors (Lipinski definition) is 6. The van der Waals surface area contributed by atoms with E-state index < -0.39 is 28.3 Å². The van der Waals surface area contributed by atoms with Crippen molar-refractivity contribution in [1.29, 1.82) is 0 Å². The van der Waals surface area contributed by atoms with Crippen molar-refractivity contribution >= 4 is 22.3 Å². The van der Waals surface area contributed by atoms with E-state index in [1.165, 1.54) is 30.6 Å². The molecule has 30 heavy (non-hydrogen) atoms. The number of hydrogen-bond donors (Lipinski definition) is 1. The van der Waals surface area contributed by atoms with Crippen LogP contribution in [0.5, 0.6) is 0 Å². The lowest BCUT2D eigenvalue weighted by atomic mass is 10.0. The van der Waals surface area contributed by atoms with E-state index in [0.717, 1.165) is 12.1 Å². The number of nitro groups is 1. The van der Waals surface area contributed by atoms with Crippen molar-refractivity contribution in [2.45, 2.75) is 12.3 Å². The Labute approximate surface area is 167 Å². The molecule has 0 bridgehead atoms. The van der Waals surface area contributed by atoms with E-state index in [-0.39, 0.29) is 29.9 Å². The lowest BCUT2D eigenvalue weighted by Crippen LogP contribution is -2.38. The number of rotatable bonds is 3. The topological polar surface area (TPSA) is 101 Å². The van der Waals surface area contributed by atoms with Gasteiger partial charge in [0.1, 0.15) is 11.8 Å². The fourth-order valence-electron chi connectivity index (χ4n) is 3.45. The number of halogens is 3. The summed E-state index contributed by atoms with van der Waals surface area (Å²) in [4.78, 5) is 31.1. The van der Waals surface area contributed by atoms with Crippen LogP contribution in [0, 0.1) is 10.1 Å². The molecule has 1 aromatic heterocycles. The molecule has 2 heterocycles. The fraction of sp³-hybridized carbons (Fsp3) is 0.263. The third-order valence-electron chi connectivity index (χ3n) is 4.95. The minimum atomic E-state index is -4.44. The fourth-order valence-corrected chi connectivity index (χ4v) is 3.45. The van der Waals surface area contributed by atoms with Crippen LogP contribution in [0.1, 0.15) is 17.2 Å². The Morgan fingerprint density at radius 3 is 2.63 bits per heavy atom. The summed E-state index contributed by atoms with van der Waals surface area (Å²) >= 11 is 0. The summed E-state index contributed by atoms with van der Waals surface area (Å²) in [6.45, 7) is 0.761. The molecule has 0 spiro atoms. The van der Waals surface area contributed by atoms with Crippen molar-refractivity contribution in [2.24, 2.45) is 0 Å². The number of nitro benzene ring substituents is 1. The van der Waals surface area contributed by atoms with Crippen LogP contribution in [0.15, 0.2) is 47.5 Å². The molecule has 0 radical (unpaired) electrons. The second-order valence-electron chi connectivity index (χ2n) is 6.77. The van der Waals surface area contributed by atoms with Gasteiger partial charge in [-0.1, -0.05) is 12.1 Å². The molecule has 4 rings (SSSR count). The molecular weight excluding hydrogens is 405 g/mol. The quantitative estimate of drug-likeness (QED) is 0.515. The van der Waals surface area contributed by atoms with E-state index in [0.29, 0.717) is 17.6 Å². The Balaban J connectivity index is 1.68. The number of ether oxygens (including phenoxy) is 1. The Kier molecular flexibility index (Phi) is 4.90. The molecule has 1 aliphatic heterocycles. The lowest BCUT2D eigenvalue weighted by Gasteiger charge is -2.34. The number of morpholine rings is 1. The molecule has 1 N–H and O–H groups in total. The number of H-pyrrole nitrogens is 1. The second-order valence-corrected chi connectivity index (χ2v) is 6.77. The van der Waals surface area contributed by atoms with E-state index in [1.54, 1.807) is 4.90 Å². The largest absolute Gasteiger partial charge is 0.416 e. The van der Waals surface area contributed by atoms with Gasteiger partial charge < -0.3 is 14.6 Å². The number of benzene rings is 2. The van der Waals surface area contributed by atoms with Crippen molar-refractivity contribution in [3.8, 4) is 0 Å². The monoisotopic (exact) mass is 420 g/mol. The number of nitrogens with one attached hydrogen (secondary N) is 1.